The lowest BCUT2D eigenvalue weighted by Gasteiger charge is -2.37. The SMILES string of the molecule is Cc1cc(N(C)C)cc([C@H]2CN(C(=O)C3(N)CCCC3)CCO2)n1. The zero-order chi connectivity index (χ0) is 17.3. The fraction of sp³-hybridized carbons (Fsp3) is 0.667. The molecule has 0 spiro atoms. The Bertz CT molecular complexity index is 611. The van der Waals surface area contributed by atoms with Crippen LogP contribution >= 0.6 is 0 Å². The van der Waals surface area contributed by atoms with Gasteiger partial charge in [0.05, 0.1) is 24.4 Å². The van der Waals surface area contributed by atoms with Crippen molar-refractivity contribution in [3.63, 3.8) is 0 Å². The summed E-state index contributed by atoms with van der Waals surface area (Å²) in [6, 6.07) is 4.09. The van der Waals surface area contributed by atoms with Gasteiger partial charge in [-0.3, -0.25) is 9.78 Å². The molecule has 1 aliphatic heterocycles. The number of hydrogen-bond acceptors (Lipinski definition) is 5. The van der Waals surface area contributed by atoms with Crippen LogP contribution in [0.1, 0.15) is 43.2 Å². The third kappa shape index (κ3) is 3.39. The molecule has 1 saturated heterocycles. The molecule has 6 nitrogen and oxygen atoms in total. The zero-order valence-electron chi connectivity index (χ0n) is 14.9. The van der Waals surface area contributed by atoms with Crippen molar-refractivity contribution >= 4 is 11.6 Å². The van der Waals surface area contributed by atoms with E-state index in [4.69, 9.17) is 10.5 Å². The fourth-order valence-corrected chi connectivity index (χ4v) is 3.65. The first-order valence-corrected chi connectivity index (χ1v) is 8.75. The molecule has 0 aromatic carbocycles. The van der Waals surface area contributed by atoms with Crippen LogP contribution in [0, 0.1) is 6.92 Å². The Labute approximate surface area is 144 Å². The van der Waals surface area contributed by atoms with E-state index in [-0.39, 0.29) is 12.0 Å². The second-order valence-electron chi connectivity index (χ2n) is 7.26. The topological polar surface area (TPSA) is 71.7 Å². The molecule has 6 heteroatoms. The van der Waals surface area contributed by atoms with Crippen LogP contribution in [-0.4, -0.2) is 55.1 Å². The maximum absolute atomic E-state index is 12.9. The van der Waals surface area contributed by atoms with Crippen molar-refractivity contribution in [2.45, 2.75) is 44.2 Å². The van der Waals surface area contributed by atoms with Crippen molar-refractivity contribution < 1.29 is 9.53 Å². The number of pyridine rings is 1. The summed E-state index contributed by atoms with van der Waals surface area (Å²) in [6.45, 7) is 3.65. The molecule has 1 aromatic rings. The molecule has 2 aliphatic rings. The summed E-state index contributed by atoms with van der Waals surface area (Å²) in [4.78, 5) is 21.4. The number of amides is 1. The lowest BCUT2D eigenvalue weighted by molar-refractivity contribution is -0.144. The largest absolute Gasteiger partial charge is 0.378 e. The molecule has 132 valence electrons. The number of nitrogens with two attached hydrogens (primary N) is 1. The number of ether oxygens (including phenoxy) is 1. The Morgan fingerprint density at radius 2 is 2.08 bits per heavy atom. The number of aromatic nitrogens is 1. The molecule has 2 fully saturated rings. The molecular formula is C18H28N4O2. The summed E-state index contributed by atoms with van der Waals surface area (Å²) < 4.78 is 5.91. The quantitative estimate of drug-likeness (QED) is 0.911. The maximum atomic E-state index is 12.9. The molecule has 1 aliphatic carbocycles. The van der Waals surface area contributed by atoms with Gasteiger partial charge in [0.1, 0.15) is 6.10 Å². The summed E-state index contributed by atoms with van der Waals surface area (Å²) in [7, 11) is 4.02. The summed E-state index contributed by atoms with van der Waals surface area (Å²) in [5.74, 6) is 0.0776. The number of rotatable bonds is 3. The van der Waals surface area contributed by atoms with Crippen molar-refractivity contribution in [1.29, 1.82) is 0 Å². The number of nitrogens with zero attached hydrogens (tertiary/aromatic N) is 3. The summed E-state index contributed by atoms with van der Waals surface area (Å²) >= 11 is 0. The van der Waals surface area contributed by atoms with E-state index in [1.54, 1.807) is 0 Å². The van der Waals surface area contributed by atoms with E-state index in [1.165, 1.54) is 0 Å². The zero-order valence-corrected chi connectivity index (χ0v) is 14.9. The molecular weight excluding hydrogens is 304 g/mol. The molecule has 1 atom stereocenters. The standard InChI is InChI=1S/C18H28N4O2/c1-13-10-14(21(2)3)11-15(20-13)16-12-22(8-9-24-16)17(23)18(19)6-4-5-7-18/h10-11,16H,4-9,12,19H2,1-3H3/t16-/m1/s1. The molecule has 0 bridgehead atoms. The number of carbonyl (C=O) groups is 1. The summed E-state index contributed by atoms with van der Waals surface area (Å²) in [5, 5.41) is 0. The van der Waals surface area contributed by atoms with Gasteiger partial charge in [0.2, 0.25) is 5.91 Å². The van der Waals surface area contributed by atoms with E-state index < -0.39 is 5.54 Å². The van der Waals surface area contributed by atoms with Crippen LogP contribution in [0.15, 0.2) is 12.1 Å². The molecule has 2 N–H and O–H groups in total. The molecule has 24 heavy (non-hydrogen) atoms. The van der Waals surface area contributed by atoms with Crippen LogP contribution < -0.4 is 10.6 Å². The Kier molecular flexibility index (Phi) is 4.78. The Balaban J connectivity index is 1.77. The minimum atomic E-state index is -0.670. The average Bonchev–Trinajstić information content (AvgIpc) is 3.01. The highest BCUT2D eigenvalue weighted by atomic mass is 16.5. The Hall–Kier alpha value is -1.66. The van der Waals surface area contributed by atoms with Crippen LogP contribution in [0.4, 0.5) is 5.69 Å². The van der Waals surface area contributed by atoms with Gasteiger partial charge in [0.15, 0.2) is 0 Å². The fourth-order valence-electron chi connectivity index (χ4n) is 3.65. The summed E-state index contributed by atoms with van der Waals surface area (Å²) in [6.07, 6.45) is 3.48. The van der Waals surface area contributed by atoms with Crippen molar-refractivity contribution in [3.05, 3.63) is 23.5 Å². The third-order valence-electron chi connectivity index (χ3n) is 5.08. The van der Waals surface area contributed by atoms with Gasteiger partial charge in [-0.05, 0) is 31.9 Å². The minimum absolute atomic E-state index is 0.0776. The lowest BCUT2D eigenvalue weighted by Crippen LogP contribution is -2.56. The number of hydrogen-bond donors (Lipinski definition) is 1. The van der Waals surface area contributed by atoms with Crippen LogP contribution in [0.25, 0.3) is 0 Å². The number of morpholine rings is 1. The van der Waals surface area contributed by atoms with Crippen LogP contribution in [-0.2, 0) is 9.53 Å². The number of carbonyl (C=O) groups excluding carboxylic acids is 1. The highest BCUT2D eigenvalue weighted by Gasteiger charge is 2.41. The van der Waals surface area contributed by atoms with Gasteiger partial charge < -0.3 is 20.3 Å². The van der Waals surface area contributed by atoms with Crippen molar-refractivity contribution in [2.24, 2.45) is 5.73 Å². The third-order valence-corrected chi connectivity index (χ3v) is 5.08. The second-order valence-corrected chi connectivity index (χ2v) is 7.26. The molecule has 1 saturated carbocycles. The molecule has 2 heterocycles. The molecule has 1 amide bonds. The molecule has 0 unspecified atom stereocenters. The second kappa shape index (κ2) is 6.69. The maximum Gasteiger partial charge on any atom is 0.242 e. The first-order chi connectivity index (χ1) is 11.4. The van der Waals surface area contributed by atoms with E-state index in [1.807, 2.05) is 38.1 Å². The van der Waals surface area contributed by atoms with Crippen LogP contribution in [0.5, 0.6) is 0 Å². The van der Waals surface area contributed by atoms with Crippen molar-refractivity contribution in [3.8, 4) is 0 Å². The van der Waals surface area contributed by atoms with Gasteiger partial charge in [0, 0.05) is 32.0 Å². The highest BCUT2D eigenvalue weighted by molar-refractivity contribution is 5.86. The number of aryl methyl sites for hydroxylation is 1. The van der Waals surface area contributed by atoms with Gasteiger partial charge in [-0.15, -0.1) is 0 Å². The average molecular weight is 332 g/mol. The van der Waals surface area contributed by atoms with Crippen molar-refractivity contribution in [2.75, 3.05) is 38.7 Å². The van der Waals surface area contributed by atoms with Gasteiger partial charge in [-0.25, -0.2) is 0 Å². The summed E-state index contributed by atoms with van der Waals surface area (Å²) in [5.41, 5.74) is 8.61. The van der Waals surface area contributed by atoms with E-state index in [0.29, 0.717) is 19.7 Å². The first-order valence-electron chi connectivity index (χ1n) is 8.75. The van der Waals surface area contributed by atoms with E-state index >= 15 is 0 Å². The monoisotopic (exact) mass is 332 g/mol. The predicted molar refractivity (Wildman–Crippen MR) is 94.0 cm³/mol. The smallest absolute Gasteiger partial charge is 0.242 e. The highest BCUT2D eigenvalue weighted by Crippen LogP contribution is 2.31. The first kappa shape index (κ1) is 17.2. The van der Waals surface area contributed by atoms with Crippen LogP contribution in [0.3, 0.4) is 0 Å². The molecule has 3 rings (SSSR count). The minimum Gasteiger partial charge on any atom is -0.378 e. The molecule has 0 radical (unpaired) electrons. The van der Waals surface area contributed by atoms with E-state index in [9.17, 15) is 4.79 Å². The normalized spacial score (nSPS) is 23.3. The molecule has 1 aromatic heterocycles. The van der Waals surface area contributed by atoms with E-state index in [2.05, 4.69) is 9.88 Å². The number of anilines is 1. The van der Waals surface area contributed by atoms with Crippen molar-refractivity contribution in [1.82, 2.24) is 9.88 Å². The lowest BCUT2D eigenvalue weighted by atomic mass is 9.96. The Morgan fingerprint density at radius 1 is 1.38 bits per heavy atom. The van der Waals surface area contributed by atoms with Crippen LogP contribution in [0.2, 0.25) is 0 Å². The van der Waals surface area contributed by atoms with Gasteiger partial charge in [-0.1, -0.05) is 12.8 Å². The Morgan fingerprint density at radius 3 is 2.75 bits per heavy atom. The van der Waals surface area contributed by atoms with E-state index in [0.717, 1.165) is 42.8 Å². The van der Waals surface area contributed by atoms with Gasteiger partial charge in [0.25, 0.3) is 0 Å². The predicted octanol–water partition coefficient (Wildman–Crippen LogP) is 1.63. The van der Waals surface area contributed by atoms with Gasteiger partial charge in [-0.2, -0.15) is 0 Å². The van der Waals surface area contributed by atoms with Gasteiger partial charge >= 0.3 is 0 Å².